The van der Waals surface area contributed by atoms with Crippen molar-refractivity contribution in [3.05, 3.63) is 36.1 Å². The zero-order chi connectivity index (χ0) is 10.8. The highest BCUT2D eigenvalue weighted by atomic mass is 16.4. The van der Waals surface area contributed by atoms with E-state index in [1.165, 1.54) is 0 Å². The summed E-state index contributed by atoms with van der Waals surface area (Å²) in [6.45, 7) is 0. The maximum Gasteiger partial charge on any atom is 0.320 e. The number of hydrogen-bond donors (Lipinski definition) is 2. The van der Waals surface area contributed by atoms with E-state index in [1.807, 2.05) is 24.3 Å². The Labute approximate surface area is 86.3 Å². The van der Waals surface area contributed by atoms with Crippen LogP contribution in [0.4, 0.5) is 0 Å². The third kappa shape index (κ3) is 1.85. The topological polar surface area (TPSA) is 76.5 Å². The monoisotopic (exact) mass is 205 g/mol. The summed E-state index contributed by atoms with van der Waals surface area (Å²) in [4.78, 5) is 10.6. The molecule has 0 aliphatic heterocycles. The molecule has 0 spiro atoms. The maximum atomic E-state index is 10.6. The SMILES string of the molecule is NC(Cc1cccc2ccoc12)C(=O)O. The Morgan fingerprint density at radius 3 is 3.00 bits per heavy atom. The fourth-order valence-electron chi connectivity index (χ4n) is 1.54. The highest BCUT2D eigenvalue weighted by molar-refractivity contribution is 5.81. The molecule has 0 fully saturated rings. The van der Waals surface area contributed by atoms with Gasteiger partial charge in [0.25, 0.3) is 0 Å². The minimum Gasteiger partial charge on any atom is -0.480 e. The van der Waals surface area contributed by atoms with Crippen LogP contribution in [-0.4, -0.2) is 17.1 Å². The second-order valence-electron chi connectivity index (χ2n) is 3.40. The summed E-state index contributed by atoms with van der Waals surface area (Å²) in [6, 6.07) is 6.55. The number of furan rings is 1. The molecule has 1 aromatic carbocycles. The summed E-state index contributed by atoms with van der Waals surface area (Å²) in [6.07, 6.45) is 1.86. The number of hydrogen-bond acceptors (Lipinski definition) is 3. The van der Waals surface area contributed by atoms with Crippen LogP contribution in [0.5, 0.6) is 0 Å². The van der Waals surface area contributed by atoms with Crippen LogP contribution in [0.1, 0.15) is 5.56 Å². The number of aliphatic carboxylic acids is 1. The van der Waals surface area contributed by atoms with Gasteiger partial charge in [0, 0.05) is 11.8 Å². The lowest BCUT2D eigenvalue weighted by Gasteiger charge is -2.06. The Morgan fingerprint density at radius 1 is 1.47 bits per heavy atom. The fourth-order valence-corrected chi connectivity index (χ4v) is 1.54. The van der Waals surface area contributed by atoms with Gasteiger partial charge in [0.2, 0.25) is 0 Å². The predicted molar refractivity (Wildman–Crippen MR) is 55.5 cm³/mol. The molecule has 2 rings (SSSR count). The number of carboxylic acid groups (broad SMARTS) is 1. The van der Waals surface area contributed by atoms with Crippen molar-refractivity contribution in [2.45, 2.75) is 12.5 Å². The van der Waals surface area contributed by atoms with Gasteiger partial charge in [-0.25, -0.2) is 0 Å². The predicted octanol–water partition coefficient (Wildman–Crippen LogP) is 1.39. The number of rotatable bonds is 3. The molecular formula is C11H11NO3. The largest absolute Gasteiger partial charge is 0.480 e. The van der Waals surface area contributed by atoms with E-state index >= 15 is 0 Å². The highest BCUT2D eigenvalue weighted by Gasteiger charge is 2.14. The van der Waals surface area contributed by atoms with Crippen molar-refractivity contribution >= 4 is 16.9 Å². The van der Waals surface area contributed by atoms with Crippen molar-refractivity contribution in [1.29, 1.82) is 0 Å². The lowest BCUT2D eigenvalue weighted by atomic mass is 10.0. The summed E-state index contributed by atoms with van der Waals surface area (Å²) >= 11 is 0. The van der Waals surface area contributed by atoms with Gasteiger partial charge in [-0.2, -0.15) is 0 Å². The Morgan fingerprint density at radius 2 is 2.27 bits per heavy atom. The average molecular weight is 205 g/mol. The second kappa shape index (κ2) is 3.74. The Kier molecular flexibility index (Phi) is 2.43. The summed E-state index contributed by atoms with van der Waals surface area (Å²) in [5.41, 5.74) is 7.01. The van der Waals surface area contributed by atoms with E-state index in [1.54, 1.807) is 6.26 Å². The molecule has 78 valence electrons. The molecule has 0 amide bonds. The van der Waals surface area contributed by atoms with Crippen molar-refractivity contribution in [3.63, 3.8) is 0 Å². The van der Waals surface area contributed by atoms with E-state index in [2.05, 4.69) is 0 Å². The van der Waals surface area contributed by atoms with Gasteiger partial charge in [-0.05, 0) is 11.6 Å². The van der Waals surface area contributed by atoms with Crippen molar-refractivity contribution in [1.82, 2.24) is 0 Å². The normalized spacial score (nSPS) is 12.9. The van der Waals surface area contributed by atoms with E-state index in [0.717, 1.165) is 10.9 Å². The van der Waals surface area contributed by atoms with Crippen molar-refractivity contribution in [3.8, 4) is 0 Å². The molecular weight excluding hydrogens is 194 g/mol. The van der Waals surface area contributed by atoms with Gasteiger partial charge in [0.15, 0.2) is 0 Å². The van der Waals surface area contributed by atoms with Crippen LogP contribution in [0.25, 0.3) is 11.0 Å². The molecule has 0 bridgehead atoms. The van der Waals surface area contributed by atoms with Gasteiger partial charge in [0.1, 0.15) is 11.6 Å². The number of nitrogens with two attached hydrogens (primary N) is 1. The number of carboxylic acids is 1. The molecule has 4 heteroatoms. The van der Waals surface area contributed by atoms with Gasteiger partial charge in [-0.15, -0.1) is 0 Å². The summed E-state index contributed by atoms with van der Waals surface area (Å²) < 4.78 is 5.28. The van der Waals surface area contributed by atoms with Crippen LogP contribution < -0.4 is 5.73 Å². The molecule has 2 aromatic rings. The Balaban J connectivity index is 2.35. The minimum atomic E-state index is -1.00. The van der Waals surface area contributed by atoms with Gasteiger partial charge in [0.05, 0.1) is 6.26 Å². The van der Waals surface area contributed by atoms with E-state index in [4.69, 9.17) is 15.3 Å². The third-order valence-corrected chi connectivity index (χ3v) is 2.32. The number of para-hydroxylation sites is 1. The van der Waals surface area contributed by atoms with Crippen LogP contribution >= 0.6 is 0 Å². The Hall–Kier alpha value is -1.81. The standard InChI is InChI=1S/C11H11NO3/c12-9(11(13)14)6-8-3-1-2-7-4-5-15-10(7)8/h1-5,9H,6,12H2,(H,13,14). The first-order chi connectivity index (χ1) is 7.18. The summed E-state index contributed by atoms with van der Waals surface area (Å²) in [7, 11) is 0. The summed E-state index contributed by atoms with van der Waals surface area (Å²) in [5.74, 6) is -1.00. The van der Waals surface area contributed by atoms with Crippen LogP contribution in [0.2, 0.25) is 0 Å². The molecule has 1 aromatic heterocycles. The second-order valence-corrected chi connectivity index (χ2v) is 3.40. The van der Waals surface area contributed by atoms with Gasteiger partial charge in [-0.3, -0.25) is 4.79 Å². The minimum absolute atomic E-state index is 0.278. The molecule has 15 heavy (non-hydrogen) atoms. The molecule has 0 aliphatic rings. The lowest BCUT2D eigenvalue weighted by Crippen LogP contribution is -2.32. The van der Waals surface area contributed by atoms with Gasteiger partial charge < -0.3 is 15.3 Å². The molecule has 0 saturated carbocycles. The first kappa shape index (κ1) is 9.73. The maximum absolute atomic E-state index is 10.6. The molecule has 1 heterocycles. The molecule has 1 atom stereocenters. The molecule has 3 N–H and O–H groups in total. The third-order valence-electron chi connectivity index (χ3n) is 2.32. The highest BCUT2D eigenvalue weighted by Crippen LogP contribution is 2.20. The zero-order valence-corrected chi connectivity index (χ0v) is 8.01. The van der Waals surface area contributed by atoms with Crippen molar-refractivity contribution in [2.75, 3.05) is 0 Å². The van der Waals surface area contributed by atoms with Crippen LogP contribution in [0.15, 0.2) is 34.9 Å². The van der Waals surface area contributed by atoms with Gasteiger partial charge >= 0.3 is 5.97 Å². The van der Waals surface area contributed by atoms with Crippen molar-refractivity contribution in [2.24, 2.45) is 5.73 Å². The summed E-state index contributed by atoms with van der Waals surface area (Å²) in [5, 5.41) is 9.67. The van der Waals surface area contributed by atoms with E-state index in [0.29, 0.717) is 5.58 Å². The van der Waals surface area contributed by atoms with Gasteiger partial charge in [-0.1, -0.05) is 18.2 Å². The molecule has 0 radical (unpaired) electrons. The molecule has 1 unspecified atom stereocenters. The van der Waals surface area contributed by atoms with Crippen LogP contribution in [0, 0.1) is 0 Å². The first-order valence-electron chi connectivity index (χ1n) is 4.62. The quantitative estimate of drug-likeness (QED) is 0.793. The van der Waals surface area contributed by atoms with Crippen molar-refractivity contribution < 1.29 is 14.3 Å². The van der Waals surface area contributed by atoms with E-state index in [-0.39, 0.29) is 6.42 Å². The molecule has 0 saturated heterocycles. The smallest absolute Gasteiger partial charge is 0.320 e. The fraction of sp³-hybridized carbons (Fsp3) is 0.182. The number of carbonyl (C=O) groups is 1. The number of benzene rings is 1. The lowest BCUT2D eigenvalue weighted by molar-refractivity contribution is -0.138. The average Bonchev–Trinajstić information content (AvgIpc) is 2.66. The van der Waals surface area contributed by atoms with E-state index < -0.39 is 12.0 Å². The van der Waals surface area contributed by atoms with Crippen LogP contribution in [-0.2, 0) is 11.2 Å². The first-order valence-corrected chi connectivity index (χ1v) is 4.62. The van der Waals surface area contributed by atoms with Crippen LogP contribution in [0.3, 0.4) is 0 Å². The molecule has 4 nitrogen and oxygen atoms in total. The molecule has 0 aliphatic carbocycles. The number of fused-ring (bicyclic) bond motifs is 1. The Bertz CT molecular complexity index is 489. The van der Waals surface area contributed by atoms with E-state index in [9.17, 15) is 4.79 Å². The zero-order valence-electron chi connectivity index (χ0n) is 8.01.